The summed E-state index contributed by atoms with van der Waals surface area (Å²) >= 11 is 9.23. The van der Waals surface area contributed by atoms with E-state index in [1.165, 1.54) is 38.5 Å². The monoisotopic (exact) mass is 422 g/mol. The van der Waals surface area contributed by atoms with Gasteiger partial charge in [0.1, 0.15) is 0 Å². The molecule has 1 spiro atoms. The molecule has 1 aromatic carbocycles. The summed E-state index contributed by atoms with van der Waals surface area (Å²) in [7, 11) is 0. The Balaban J connectivity index is 1.54. The molecular weight excluding hydrogens is 410 g/mol. The first-order chi connectivity index (χ1) is 8.93. The Kier molecular flexibility index (Phi) is 0.290. The zero-order chi connectivity index (χ0) is 11.9. The molecule has 10 saturated heterocycles. The minimum atomic E-state index is -3.06. The Morgan fingerprint density at radius 3 is 1.74 bits per heavy atom. The summed E-state index contributed by atoms with van der Waals surface area (Å²) in [5.74, 6) is 0. The maximum atomic E-state index is 6.15. The molecular formula is C16H12ClFeI. The van der Waals surface area contributed by atoms with E-state index < -0.39 is 6.51 Å². The molecule has 0 aromatic heterocycles. The molecule has 0 nitrogen and oxygen atoms in total. The fourth-order valence-electron chi connectivity index (χ4n) is 17.7. The summed E-state index contributed by atoms with van der Waals surface area (Å²) < 4.78 is 1.87. The van der Waals surface area contributed by atoms with Crippen molar-refractivity contribution in [1.29, 1.82) is 0 Å². The molecule has 10 heterocycles. The van der Waals surface area contributed by atoms with Crippen LogP contribution in [0.4, 0.5) is 0 Å². The summed E-state index contributed by atoms with van der Waals surface area (Å²) in [6, 6.07) is 9.26. The third kappa shape index (κ3) is 0.0894. The molecule has 0 radical (unpaired) electrons. The predicted molar refractivity (Wildman–Crippen MR) is 79.9 cm³/mol. The fraction of sp³-hybridized carbons (Fsp3) is 0.625. The zero-order valence-electron chi connectivity index (χ0n) is 10.0. The van der Waals surface area contributed by atoms with E-state index in [1.54, 1.807) is 5.56 Å². The zero-order valence-corrected chi connectivity index (χ0v) is 14.1. The van der Waals surface area contributed by atoms with Crippen LogP contribution >= 0.6 is 34.2 Å². The predicted octanol–water partition coefficient (Wildman–Crippen LogP) is 5.48. The Hall–Kier alpha value is 0.759. The Bertz CT molecular complexity index is 1230. The van der Waals surface area contributed by atoms with Crippen molar-refractivity contribution in [2.45, 2.75) is 45.2 Å². The molecule has 98 valence electrons. The molecule has 11 rings (SSSR count). The van der Waals surface area contributed by atoms with E-state index in [0.717, 1.165) is 11.7 Å². The standard InChI is InChI=1S/C11H8Cl.C5H4I.Fe/c12-11-7-5-10(6-8-11)9-3-1-2-4-9;6-5-3-1-2-4-5;/h1-8H;1-4H;. The van der Waals surface area contributed by atoms with Crippen molar-refractivity contribution in [3.63, 3.8) is 0 Å². The van der Waals surface area contributed by atoms with E-state index in [1.807, 2.05) is 0 Å². The van der Waals surface area contributed by atoms with E-state index in [2.05, 4.69) is 46.9 Å². The second-order valence-electron chi connectivity index (χ2n) is 11.2. The molecule has 0 N–H and O–H groups in total. The van der Waals surface area contributed by atoms with Gasteiger partial charge in [0.05, 0.1) is 0 Å². The summed E-state index contributed by atoms with van der Waals surface area (Å²) in [6.07, 6.45) is 0. The first-order valence-electron chi connectivity index (χ1n) is 7.59. The van der Waals surface area contributed by atoms with Gasteiger partial charge in [0.15, 0.2) is 0 Å². The average molecular weight is 422 g/mol. The van der Waals surface area contributed by atoms with Gasteiger partial charge in [-0.15, -0.1) is 0 Å². The molecule has 3 heteroatoms. The van der Waals surface area contributed by atoms with Crippen LogP contribution in [0, 0.1) is 0 Å². The van der Waals surface area contributed by atoms with Crippen molar-refractivity contribution in [2.75, 3.05) is 0 Å². The Labute approximate surface area is 120 Å². The van der Waals surface area contributed by atoms with Gasteiger partial charge in [0.25, 0.3) is 0 Å². The fourth-order valence-corrected chi connectivity index (χ4v) is 110. The second kappa shape index (κ2) is 0.703. The van der Waals surface area contributed by atoms with Crippen LogP contribution in [0.5, 0.6) is 0 Å². The summed E-state index contributed by atoms with van der Waals surface area (Å²) in [6.45, 7) is -3.06. The number of alkyl halides is 1. The van der Waals surface area contributed by atoms with Crippen LogP contribution in [0.2, 0.25) is 43.6 Å². The van der Waals surface area contributed by atoms with Crippen LogP contribution < -0.4 is 0 Å². The van der Waals surface area contributed by atoms with Gasteiger partial charge in [0.2, 0.25) is 0 Å². The van der Waals surface area contributed by atoms with Crippen LogP contribution in [0.3, 0.4) is 0 Å². The Morgan fingerprint density at radius 1 is 0.895 bits per heavy atom. The van der Waals surface area contributed by atoms with Crippen molar-refractivity contribution < 1.29 is 6.51 Å². The van der Waals surface area contributed by atoms with E-state index in [0.29, 0.717) is 0 Å². The first-order valence-corrected chi connectivity index (χ1v) is 15.3. The molecule has 8 unspecified atom stereocenters. The molecule has 0 amide bonds. The third-order valence-corrected chi connectivity index (χ3v) is 68.8. The molecule has 10 aliphatic rings. The van der Waals surface area contributed by atoms with Crippen molar-refractivity contribution in [3.05, 3.63) is 34.9 Å². The van der Waals surface area contributed by atoms with Crippen LogP contribution in [-0.4, -0.2) is 2.32 Å². The SMILES string of the molecule is Clc1ccc([C]23[CH]4[CH]5[CH]6[CH]2[Fe]56432789[CH]3[CH]2[CH]7[C]8(I)[CH]39)cc1. The van der Waals surface area contributed by atoms with Crippen LogP contribution in [0.25, 0.3) is 0 Å². The van der Waals surface area contributed by atoms with E-state index in [4.69, 9.17) is 11.6 Å². The normalized spacial score (nSPS) is 112. The van der Waals surface area contributed by atoms with E-state index >= 15 is 0 Å². The molecule has 10 fully saturated rings. The van der Waals surface area contributed by atoms with Crippen molar-refractivity contribution in [3.8, 4) is 0 Å². The quantitative estimate of drug-likeness (QED) is 0.319. The summed E-state index contributed by atoms with van der Waals surface area (Å²) in [4.78, 5) is 11.0. The number of benzene rings is 1. The topological polar surface area (TPSA) is 0 Å². The van der Waals surface area contributed by atoms with Gasteiger partial charge in [0, 0.05) is 0 Å². The molecule has 19 heavy (non-hydrogen) atoms. The summed E-state index contributed by atoms with van der Waals surface area (Å²) in [5.41, 5.74) is 1.79. The molecule has 0 aliphatic carbocycles. The van der Waals surface area contributed by atoms with Gasteiger partial charge >= 0.3 is 121 Å². The van der Waals surface area contributed by atoms with Gasteiger partial charge in [-0.25, -0.2) is 0 Å². The van der Waals surface area contributed by atoms with Crippen LogP contribution in [-0.2, 0) is 10.8 Å². The molecule has 0 saturated carbocycles. The maximum absolute atomic E-state index is 6.15. The number of halogens is 2. The minimum absolute atomic E-state index is 0.875. The van der Waals surface area contributed by atoms with Gasteiger partial charge in [-0.3, -0.25) is 0 Å². The molecule has 8 atom stereocenters. The van der Waals surface area contributed by atoms with Crippen molar-refractivity contribution in [1.82, 2.24) is 0 Å². The number of hydrogen-bond donors (Lipinski definition) is 0. The molecule has 0 bridgehead atoms. The van der Waals surface area contributed by atoms with E-state index in [9.17, 15) is 0 Å². The number of rotatable bonds is 1. The third-order valence-electron chi connectivity index (χ3n) is 15.9. The Morgan fingerprint density at radius 2 is 1.42 bits per heavy atom. The van der Waals surface area contributed by atoms with Gasteiger partial charge in [-0.05, 0) is 0 Å². The van der Waals surface area contributed by atoms with Crippen LogP contribution in [0.1, 0.15) is 5.56 Å². The van der Waals surface area contributed by atoms with Gasteiger partial charge in [-0.1, -0.05) is 0 Å². The van der Waals surface area contributed by atoms with Crippen LogP contribution in [0.15, 0.2) is 24.3 Å². The summed E-state index contributed by atoms with van der Waals surface area (Å²) in [5, 5.41) is 0.930. The number of hydrogen-bond acceptors (Lipinski definition) is 0. The van der Waals surface area contributed by atoms with Gasteiger partial charge < -0.3 is 0 Å². The second-order valence-corrected chi connectivity index (χ2v) is 37.6. The van der Waals surface area contributed by atoms with E-state index in [-0.39, 0.29) is 0 Å². The molecule has 10 aliphatic heterocycles. The molecule has 1 aromatic rings. The van der Waals surface area contributed by atoms with Crippen molar-refractivity contribution in [2.24, 2.45) is 0 Å². The average Bonchev–Trinajstić information content (AvgIpc) is 3.33. The van der Waals surface area contributed by atoms with Crippen molar-refractivity contribution >= 4 is 34.2 Å². The van der Waals surface area contributed by atoms with Gasteiger partial charge in [-0.2, -0.15) is 0 Å². The first kappa shape index (κ1) is 7.85. The number of fused-ring (bicyclic) bond motifs is 10.